The first-order valence-corrected chi connectivity index (χ1v) is 10.9. The number of imidazole rings is 1. The van der Waals surface area contributed by atoms with E-state index < -0.39 is 22.8 Å². The second kappa shape index (κ2) is 9.00. The molecule has 0 unspecified atom stereocenters. The molecule has 0 saturated carbocycles. The summed E-state index contributed by atoms with van der Waals surface area (Å²) in [6.07, 6.45) is -1.75. The Morgan fingerprint density at radius 2 is 1.75 bits per heavy atom. The summed E-state index contributed by atoms with van der Waals surface area (Å²) in [4.78, 5) is 38.7. The predicted molar refractivity (Wildman–Crippen MR) is 127 cm³/mol. The molecule has 0 spiro atoms. The number of urea groups is 2. The molecule has 0 aliphatic carbocycles. The number of anilines is 3. The summed E-state index contributed by atoms with van der Waals surface area (Å²) in [6, 6.07) is 8.73. The third-order valence-electron chi connectivity index (χ3n) is 5.36. The van der Waals surface area contributed by atoms with Crippen LogP contribution in [0.1, 0.15) is 5.56 Å². The lowest BCUT2D eigenvalue weighted by molar-refractivity contribution is -0.137. The number of nitrogens with one attached hydrogen (secondary N) is 3. The van der Waals surface area contributed by atoms with E-state index in [-0.39, 0.29) is 11.7 Å². The van der Waals surface area contributed by atoms with Crippen LogP contribution in [-0.2, 0) is 6.18 Å². The number of halogens is 4. The van der Waals surface area contributed by atoms with Crippen LogP contribution >= 0.6 is 11.6 Å². The van der Waals surface area contributed by atoms with E-state index in [9.17, 15) is 22.8 Å². The van der Waals surface area contributed by atoms with Gasteiger partial charge in [0.1, 0.15) is 12.7 Å². The zero-order valence-electron chi connectivity index (χ0n) is 18.2. The van der Waals surface area contributed by atoms with Crippen LogP contribution in [0.5, 0.6) is 0 Å². The number of hydrogen-bond acceptors (Lipinski definition) is 5. The largest absolute Gasteiger partial charge is 0.417 e. The van der Waals surface area contributed by atoms with Gasteiger partial charge < -0.3 is 16.0 Å². The van der Waals surface area contributed by atoms with Crippen molar-refractivity contribution >= 4 is 52.0 Å². The second-order valence-corrected chi connectivity index (χ2v) is 8.09. The normalized spacial score (nSPS) is 13.7. The number of amides is 4. The molecule has 0 bridgehead atoms. The van der Waals surface area contributed by atoms with Crippen LogP contribution in [0.2, 0.25) is 5.02 Å². The molecular formula is C22H16ClF3N8O2. The van der Waals surface area contributed by atoms with E-state index >= 15 is 0 Å². The summed E-state index contributed by atoms with van der Waals surface area (Å²) >= 11 is 5.61. The molecule has 36 heavy (non-hydrogen) atoms. The molecule has 1 fully saturated rings. The maximum atomic E-state index is 13.0. The van der Waals surface area contributed by atoms with Crippen molar-refractivity contribution in [2.75, 3.05) is 28.6 Å². The maximum Gasteiger partial charge on any atom is 0.417 e. The van der Waals surface area contributed by atoms with Crippen molar-refractivity contribution in [1.82, 2.24) is 24.8 Å². The van der Waals surface area contributed by atoms with Crippen molar-refractivity contribution in [3.63, 3.8) is 0 Å². The molecule has 3 heterocycles. The molecule has 1 saturated heterocycles. The summed E-state index contributed by atoms with van der Waals surface area (Å²) in [5.41, 5.74) is 0.907. The third-order valence-corrected chi connectivity index (χ3v) is 5.69. The van der Waals surface area contributed by atoms with Gasteiger partial charge in [-0.3, -0.25) is 9.47 Å². The highest BCUT2D eigenvalue weighted by Gasteiger charge is 2.33. The Kier molecular flexibility index (Phi) is 5.84. The van der Waals surface area contributed by atoms with Gasteiger partial charge in [0.2, 0.25) is 0 Å². The number of nitrogens with zero attached hydrogens (tertiary/aromatic N) is 5. The monoisotopic (exact) mass is 516 g/mol. The van der Waals surface area contributed by atoms with Crippen molar-refractivity contribution < 1.29 is 22.8 Å². The lowest BCUT2D eigenvalue weighted by atomic mass is 10.2. The fourth-order valence-corrected chi connectivity index (χ4v) is 3.93. The Morgan fingerprint density at radius 3 is 2.44 bits per heavy atom. The number of rotatable bonds is 4. The van der Waals surface area contributed by atoms with E-state index in [2.05, 4.69) is 30.9 Å². The molecule has 4 aromatic rings. The van der Waals surface area contributed by atoms with Crippen molar-refractivity contribution in [3.8, 4) is 5.69 Å². The third kappa shape index (κ3) is 4.47. The maximum absolute atomic E-state index is 13.0. The minimum absolute atomic E-state index is 0.0621. The van der Waals surface area contributed by atoms with Gasteiger partial charge in [0.05, 0.1) is 10.6 Å². The molecule has 10 nitrogen and oxygen atoms in total. The number of aromatic nitrogens is 4. The van der Waals surface area contributed by atoms with Crippen LogP contribution in [0.4, 0.5) is 40.0 Å². The highest BCUT2D eigenvalue weighted by atomic mass is 35.5. The summed E-state index contributed by atoms with van der Waals surface area (Å²) in [7, 11) is 0. The van der Waals surface area contributed by atoms with Crippen molar-refractivity contribution in [2.24, 2.45) is 0 Å². The minimum atomic E-state index is -4.65. The summed E-state index contributed by atoms with van der Waals surface area (Å²) in [5, 5.41) is 7.17. The van der Waals surface area contributed by atoms with Crippen molar-refractivity contribution in [1.29, 1.82) is 0 Å². The molecule has 184 valence electrons. The number of alkyl halides is 3. The van der Waals surface area contributed by atoms with Gasteiger partial charge in [0.15, 0.2) is 17.0 Å². The summed E-state index contributed by atoms with van der Waals surface area (Å²) in [5.74, 6) is 0.402. The summed E-state index contributed by atoms with van der Waals surface area (Å²) in [6.45, 7) is 0.975. The fourth-order valence-electron chi connectivity index (χ4n) is 3.70. The first-order chi connectivity index (χ1) is 17.2. The molecule has 3 N–H and O–H groups in total. The van der Waals surface area contributed by atoms with E-state index in [0.717, 1.165) is 12.1 Å². The highest BCUT2D eigenvalue weighted by molar-refractivity contribution is 6.31. The molecular weight excluding hydrogens is 501 g/mol. The van der Waals surface area contributed by atoms with Gasteiger partial charge >= 0.3 is 18.2 Å². The van der Waals surface area contributed by atoms with Gasteiger partial charge in [0, 0.05) is 30.2 Å². The number of carbonyl (C=O) groups excluding carboxylic acids is 2. The first-order valence-electron chi connectivity index (χ1n) is 10.5. The van der Waals surface area contributed by atoms with Gasteiger partial charge in [-0.05, 0) is 42.5 Å². The number of fused-ring (bicyclic) bond motifs is 1. The molecule has 1 aliphatic heterocycles. The molecule has 0 radical (unpaired) electrons. The Labute approximate surface area is 206 Å². The predicted octanol–water partition coefficient (Wildman–Crippen LogP) is 4.66. The van der Waals surface area contributed by atoms with Gasteiger partial charge in [0.25, 0.3) is 0 Å². The van der Waals surface area contributed by atoms with Crippen LogP contribution < -0.4 is 20.9 Å². The van der Waals surface area contributed by atoms with E-state index in [4.69, 9.17) is 11.6 Å². The molecule has 4 amide bonds. The van der Waals surface area contributed by atoms with Crippen LogP contribution in [0.15, 0.2) is 55.1 Å². The summed E-state index contributed by atoms with van der Waals surface area (Å²) < 4.78 is 40.8. The topological polar surface area (TPSA) is 117 Å². The number of benzene rings is 2. The first kappa shape index (κ1) is 23.4. The van der Waals surface area contributed by atoms with Crippen LogP contribution in [0.3, 0.4) is 0 Å². The van der Waals surface area contributed by atoms with Crippen molar-refractivity contribution in [2.45, 2.75) is 6.18 Å². The highest BCUT2D eigenvalue weighted by Crippen LogP contribution is 2.36. The van der Waals surface area contributed by atoms with E-state index in [1.165, 1.54) is 17.3 Å². The van der Waals surface area contributed by atoms with Crippen LogP contribution in [0.25, 0.3) is 16.9 Å². The quantitative estimate of drug-likeness (QED) is 0.365. The van der Waals surface area contributed by atoms with Gasteiger partial charge in [-0.25, -0.2) is 24.5 Å². The Balaban J connectivity index is 1.32. The van der Waals surface area contributed by atoms with E-state index in [1.807, 2.05) is 0 Å². The molecule has 2 aromatic heterocycles. The molecule has 2 aromatic carbocycles. The molecule has 14 heteroatoms. The lowest BCUT2D eigenvalue weighted by Crippen LogP contribution is -2.28. The van der Waals surface area contributed by atoms with Gasteiger partial charge in [-0.2, -0.15) is 13.2 Å². The van der Waals surface area contributed by atoms with Gasteiger partial charge in [-0.1, -0.05) is 11.6 Å². The number of carbonyl (C=O) groups is 2. The second-order valence-electron chi connectivity index (χ2n) is 7.69. The average molecular weight is 517 g/mol. The molecule has 0 atom stereocenters. The number of hydrogen-bond donors (Lipinski definition) is 3. The van der Waals surface area contributed by atoms with E-state index in [1.54, 1.807) is 35.2 Å². The zero-order valence-corrected chi connectivity index (χ0v) is 18.9. The fraction of sp³-hybridized carbons (Fsp3) is 0.136. The Morgan fingerprint density at radius 1 is 1.03 bits per heavy atom. The van der Waals surface area contributed by atoms with Crippen LogP contribution in [-0.4, -0.2) is 44.7 Å². The average Bonchev–Trinajstić information content (AvgIpc) is 3.46. The van der Waals surface area contributed by atoms with Gasteiger partial charge in [-0.15, -0.1) is 0 Å². The minimum Gasteiger partial charge on any atom is -0.336 e. The lowest BCUT2D eigenvalue weighted by Gasteiger charge is -2.13. The SMILES string of the molecule is O=C(Nc1ccc(-n2cnc3c(N4CCNC4=O)ncnc32)cc1)Nc1ccc(Cl)c(C(F)(F)F)c1. The Bertz CT molecular complexity index is 1470. The van der Waals surface area contributed by atoms with Crippen LogP contribution in [0, 0.1) is 0 Å². The standard InChI is InChI=1S/C22H16ClF3N8O2/c23-16-6-3-13(9-15(16)22(24,25)26)32-20(35)31-12-1-4-14(5-2-12)34-11-30-17-18(28-10-29-19(17)34)33-8-7-27-21(33)36/h1-6,9-11H,7-8H2,(H,27,36)(H2,31,32,35). The Hall–Kier alpha value is -4.39. The molecule has 1 aliphatic rings. The smallest absolute Gasteiger partial charge is 0.336 e. The van der Waals surface area contributed by atoms with Crippen molar-refractivity contribution in [3.05, 3.63) is 65.7 Å². The van der Waals surface area contributed by atoms with E-state index in [0.29, 0.717) is 41.4 Å². The zero-order chi connectivity index (χ0) is 25.4. The molecule has 5 rings (SSSR count).